The lowest BCUT2D eigenvalue weighted by Crippen LogP contribution is -2.40. The zero-order chi connectivity index (χ0) is 15.2. The Labute approximate surface area is 125 Å². The number of carbonyl (C=O) groups excluding carboxylic acids is 1. The fourth-order valence-corrected chi connectivity index (χ4v) is 4.93. The molecule has 2 aliphatic rings. The lowest BCUT2D eigenvalue weighted by Gasteiger charge is -2.29. The average Bonchev–Trinajstić information content (AvgIpc) is 2.91. The maximum Gasteiger partial charge on any atom is 0.241 e. The fraction of sp³-hybridized carbons (Fsp3) is 0.533. The van der Waals surface area contributed by atoms with Crippen LogP contribution in [0.4, 0.5) is 0 Å². The van der Waals surface area contributed by atoms with Crippen LogP contribution in [0.25, 0.3) is 0 Å². The van der Waals surface area contributed by atoms with Crippen LogP contribution < -0.4 is 5.32 Å². The van der Waals surface area contributed by atoms with Gasteiger partial charge in [-0.3, -0.25) is 10.1 Å². The summed E-state index contributed by atoms with van der Waals surface area (Å²) in [6.45, 7) is 3.84. The molecule has 0 aliphatic carbocycles. The number of amides is 1. The number of carbonyl (C=O) groups is 1. The second-order valence-corrected chi connectivity index (χ2v) is 8.24. The second-order valence-electron chi connectivity index (χ2n) is 6.01. The molecule has 0 radical (unpaired) electrons. The van der Waals surface area contributed by atoms with Crippen LogP contribution in [0.15, 0.2) is 24.3 Å². The Kier molecular flexibility index (Phi) is 3.53. The predicted octanol–water partition coefficient (Wildman–Crippen LogP) is 1.00. The molecule has 1 aromatic carbocycles. The molecule has 2 heterocycles. The Morgan fingerprint density at radius 3 is 2.71 bits per heavy atom. The van der Waals surface area contributed by atoms with Gasteiger partial charge in [-0.05, 0) is 25.8 Å². The molecule has 3 atom stereocenters. The Morgan fingerprint density at radius 1 is 1.33 bits per heavy atom. The second kappa shape index (κ2) is 5.10. The minimum absolute atomic E-state index is 0.0105. The maximum atomic E-state index is 12.4. The van der Waals surface area contributed by atoms with Crippen LogP contribution in [0.5, 0.6) is 0 Å². The minimum atomic E-state index is -3.01. The van der Waals surface area contributed by atoms with E-state index in [9.17, 15) is 13.2 Å². The van der Waals surface area contributed by atoms with Crippen LogP contribution in [0.1, 0.15) is 30.6 Å². The topological polar surface area (TPSA) is 66.5 Å². The Bertz CT molecular complexity index is 671. The summed E-state index contributed by atoms with van der Waals surface area (Å²) in [6, 6.07) is 7.49. The molecule has 0 bridgehead atoms. The van der Waals surface area contributed by atoms with Gasteiger partial charge in [0.25, 0.3) is 0 Å². The molecule has 21 heavy (non-hydrogen) atoms. The van der Waals surface area contributed by atoms with Crippen LogP contribution >= 0.6 is 0 Å². The molecular formula is C15H20N2O3S. The van der Waals surface area contributed by atoms with Crippen molar-refractivity contribution in [2.24, 2.45) is 0 Å². The molecule has 2 saturated heterocycles. The van der Waals surface area contributed by atoms with Crippen molar-refractivity contribution in [3.8, 4) is 0 Å². The van der Waals surface area contributed by atoms with Crippen molar-refractivity contribution in [1.82, 2.24) is 10.2 Å². The van der Waals surface area contributed by atoms with Crippen LogP contribution in [0, 0.1) is 6.92 Å². The number of hydrogen-bond donors (Lipinski definition) is 1. The molecule has 2 aliphatic heterocycles. The van der Waals surface area contributed by atoms with Gasteiger partial charge >= 0.3 is 0 Å². The number of benzene rings is 1. The van der Waals surface area contributed by atoms with Crippen molar-refractivity contribution in [2.45, 2.75) is 38.5 Å². The number of aryl methyl sites for hydroxylation is 1. The highest BCUT2D eigenvalue weighted by Crippen LogP contribution is 2.31. The number of nitrogens with one attached hydrogen (secondary N) is 1. The van der Waals surface area contributed by atoms with E-state index in [-0.39, 0.29) is 35.7 Å². The van der Waals surface area contributed by atoms with Crippen molar-refractivity contribution >= 4 is 15.7 Å². The Morgan fingerprint density at radius 2 is 2.10 bits per heavy atom. The van der Waals surface area contributed by atoms with Gasteiger partial charge in [-0.1, -0.05) is 29.8 Å². The van der Waals surface area contributed by atoms with Crippen molar-refractivity contribution in [3.63, 3.8) is 0 Å². The molecule has 1 N–H and O–H groups in total. The van der Waals surface area contributed by atoms with Gasteiger partial charge in [-0.15, -0.1) is 0 Å². The van der Waals surface area contributed by atoms with Gasteiger partial charge in [-0.2, -0.15) is 0 Å². The van der Waals surface area contributed by atoms with Crippen molar-refractivity contribution in [3.05, 3.63) is 35.4 Å². The first kappa shape index (κ1) is 14.5. The van der Waals surface area contributed by atoms with E-state index in [1.807, 2.05) is 38.1 Å². The monoisotopic (exact) mass is 308 g/mol. The third kappa shape index (κ3) is 2.70. The lowest BCUT2D eigenvalue weighted by atomic mass is 10.1. The molecule has 6 heteroatoms. The van der Waals surface area contributed by atoms with Gasteiger partial charge in [0.2, 0.25) is 5.91 Å². The number of rotatable bonds is 2. The number of hydrogen-bond acceptors (Lipinski definition) is 4. The first-order chi connectivity index (χ1) is 9.87. The third-order valence-electron chi connectivity index (χ3n) is 4.27. The zero-order valence-electron chi connectivity index (χ0n) is 12.2. The quantitative estimate of drug-likeness (QED) is 0.885. The number of nitrogens with zero attached hydrogens (tertiary/aromatic N) is 1. The van der Waals surface area contributed by atoms with E-state index in [2.05, 4.69) is 5.32 Å². The normalized spacial score (nSPS) is 31.8. The van der Waals surface area contributed by atoms with Crippen LogP contribution in [-0.4, -0.2) is 42.8 Å². The first-order valence-corrected chi connectivity index (χ1v) is 9.05. The molecule has 0 spiro atoms. The lowest BCUT2D eigenvalue weighted by molar-refractivity contribution is -0.131. The maximum absolute atomic E-state index is 12.4. The highest BCUT2D eigenvalue weighted by Gasteiger charge is 2.44. The summed E-state index contributed by atoms with van der Waals surface area (Å²) >= 11 is 0. The smallest absolute Gasteiger partial charge is 0.241 e. The van der Waals surface area contributed by atoms with Crippen LogP contribution in [-0.2, 0) is 14.6 Å². The van der Waals surface area contributed by atoms with Gasteiger partial charge < -0.3 is 4.90 Å². The average molecular weight is 308 g/mol. The van der Waals surface area contributed by atoms with Crippen molar-refractivity contribution < 1.29 is 13.2 Å². The summed E-state index contributed by atoms with van der Waals surface area (Å²) in [5, 5.41) is 3.28. The van der Waals surface area contributed by atoms with Crippen LogP contribution in [0.3, 0.4) is 0 Å². The molecule has 1 aromatic rings. The summed E-state index contributed by atoms with van der Waals surface area (Å²) < 4.78 is 23.4. The molecule has 114 valence electrons. The highest BCUT2D eigenvalue weighted by molar-refractivity contribution is 7.91. The summed E-state index contributed by atoms with van der Waals surface area (Å²) in [7, 11) is -3.01. The number of sulfone groups is 1. The van der Waals surface area contributed by atoms with Crippen LogP contribution in [0.2, 0.25) is 0 Å². The molecule has 3 unspecified atom stereocenters. The summed E-state index contributed by atoms with van der Waals surface area (Å²) in [5.41, 5.74) is 2.14. The van der Waals surface area contributed by atoms with E-state index >= 15 is 0 Å². The Hall–Kier alpha value is -1.40. The van der Waals surface area contributed by atoms with Crippen molar-refractivity contribution in [2.75, 3.05) is 11.5 Å². The molecule has 0 aromatic heterocycles. The summed E-state index contributed by atoms with van der Waals surface area (Å²) in [5.74, 6) is 0.245. The molecule has 0 saturated carbocycles. The van der Waals surface area contributed by atoms with Gasteiger partial charge in [0.05, 0.1) is 17.5 Å². The first-order valence-electron chi connectivity index (χ1n) is 7.22. The molecule has 3 rings (SSSR count). The van der Waals surface area contributed by atoms with E-state index in [1.54, 1.807) is 4.90 Å². The molecule has 2 fully saturated rings. The third-order valence-corrected chi connectivity index (χ3v) is 6.02. The van der Waals surface area contributed by atoms with E-state index in [1.165, 1.54) is 0 Å². The SMILES string of the molecule is Cc1cccc(C2NC(C)C(=O)N2C2CCS(=O)(=O)C2)c1. The van der Waals surface area contributed by atoms with Gasteiger partial charge in [0.15, 0.2) is 9.84 Å². The summed E-state index contributed by atoms with van der Waals surface area (Å²) in [6.07, 6.45) is 0.302. The molecule has 1 amide bonds. The summed E-state index contributed by atoms with van der Waals surface area (Å²) in [4.78, 5) is 14.2. The van der Waals surface area contributed by atoms with E-state index < -0.39 is 9.84 Å². The van der Waals surface area contributed by atoms with Crippen molar-refractivity contribution in [1.29, 1.82) is 0 Å². The van der Waals surface area contributed by atoms with E-state index in [0.29, 0.717) is 6.42 Å². The molecular weight excluding hydrogens is 288 g/mol. The van der Waals surface area contributed by atoms with E-state index in [4.69, 9.17) is 0 Å². The van der Waals surface area contributed by atoms with Gasteiger partial charge in [0, 0.05) is 6.04 Å². The largest absolute Gasteiger partial charge is 0.318 e. The Balaban J connectivity index is 1.94. The fourth-order valence-electron chi connectivity index (χ4n) is 3.22. The highest BCUT2D eigenvalue weighted by atomic mass is 32.2. The minimum Gasteiger partial charge on any atom is -0.318 e. The standard InChI is InChI=1S/C15H20N2O3S/c1-10-4-3-5-12(8-10)14-16-11(2)15(18)17(14)13-6-7-21(19,20)9-13/h3-5,8,11,13-14,16H,6-7,9H2,1-2H3. The van der Waals surface area contributed by atoms with E-state index in [0.717, 1.165) is 11.1 Å². The zero-order valence-corrected chi connectivity index (χ0v) is 13.1. The van der Waals surface area contributed by atoms with Gasteiger partial charge in [-0.25, -0.2) is 8.42 Å². The van der Waals surface area contributed by atoms with Gasteiger partial charge in [0.1, 0.15) is 6.17 Å². The molecule has 5 nitrogen and oxygen atoms in total. The predicted molar refractivity (Wildman–Crippen MR) is 80.4 cm³/mol.